The molecule has 5 aromatic rings. The Morgan fingerprint density at radius 3 is 2.55 bits per heavy atom. The van der Waals surface area contributed by atoms with Crippen LogP contribution in [-0.4, -0.2) is 36.7 Å². The van der Waals surface area contributed by atoms with Crippen LogP contribution in [0.15, 0.2) is 91.4 Å². The van der Waals surface area contributed by atoms with E-state index >= 15 is 0 Å². The maximum atomic E-state index is 13.1. The lowest BCUT2D eigenvalue weighted by Crippen LogP contribution is -2.21. The van der Waals surface area contributed by atoms with Crippen molar-refractivity contribution in [2.45, 2.75) is 32.6 Å². The molecule has 3 amide bonds. The number of nitrogens with two attached hydrogens (primary N) is 1. The topological polar surface area (TPSA) is 150 Å². The van der Waals surface area contributed by atoms with Gasteiger partial charge in [-0.05, 0) is 48.0 Å². The van der Waals surface area contributed by atoms with E-state index in [1.165, 1.54) is 0 Å². The van der Waals surface area contributed by atoms with Crippen molar-refractivity contribution in [1.29, 1.82) is 0 Å². The molecule has 0 aliphatic carbocycles. The van der Waals surface area contributed by atoms with Crippen molar-refractivity contribution < 1.29 is 14.3 Å². The van der Waals surface area contributed by atoms with Gasteiger partial charge in [0.15, 0.2) is 0 Å². The van der Waals surface area contributed by atoms with Crippen LogP contribution in [0.2, 0.25) is 0 Å². The molecule has 0 spiro atoms. The zero-order valence-corrected chi connectivity index (χ0v) is 23.4. The fourth-order valence-corrected chi connectivity index (χ4v) is 4.12. The van der Waals surface area contributed by atoms with Gasteiger partial charge in [0, 0.05) is 47.4 Å². The summed E-state index contributed by atoms with van der Waals surface area (Å²) < 4.78 is 7.51. The van der Waals surface area contributed by atoms with Gasteiger partial charge in [0.2, 0.25) is 5.91 Å². The molecule has 3 heterocycles. The van der Waals surface area contributed by atoms with E-state index in [9.17, 15) is 9.59 Å². The minimum atomic E-state index is -0.475. The van der Waals surface area contributed by atoms with Gasteiger partial charge in [0.25, 0.3) is 0 Å². The van der Waals surface area contributed by atoms with Crippen LogP contribution in [0.3, 0.4) is 0 Å². The second kappa shape index (κ2) is 11.9. The lowest BCUT2D eigenvalue weighted by Gasteiger charge is -2.14. The van der Waals surface area contributed by atoms with Crippen LogP contribution in [0.5, 0.6) is 11.8 Å². The van der Waals surface area contributed by atoms with E-state index in [4.69, 9.17) is 15.6 Å². The Labute approximate surface area is 242 Å². The zero-order chi connectivity index (χ0) is 29.7. The molecule has 0 saturated carbocycles. The molecule has 212 valence electrons. The molecule has 4 N–H and O–H groups in total. The molecule has 0 atom stereocenters. The number of hydrogen-bond donors (Lipinski definition) is 3. The molecule has 0 saturated heterocycles. The highest BCUT2D eigenvalue weighted by atomic mass is 16.5. The number of nitrogens with one attached hydrogen (secondary N) is 2. The quantitative estimate of drug-likeness (QED) is 0.226. The summed E-state index contributed by atoms with van der Waals surface area (Å²) in [6.45, 7) is 6.11. The summed E-state index contributed by atoms with van der Waals surface area (Å²) in [4.78, 5) is 37.3. The first-order valence-corrected chi connectivity index (χ1v) is 13.2. The fourth-order valence-electron chi connectivity index (χ4n) is 4.12. The van der Waals surface area contributed by atoms with Crippen molar-refractivity contribution in [3.8, 4) is 28.7 Å². The van der Waals surface area contributed by atoms with E-state index in [2.05, 4.69) is 25.6 Å². The van der Waals surface area contributed by atoms with Gasteiger partial charge in [-0.3, -0.25) is 15.1 Å². The predicted molar refractivity (Wildman–Crippen MR) is 160 cm³/mol. The van der Waals surface area contributed by atoms with E-state index in [-0.39, 0.29) is 17.8 Å². The summed E-state index contributed by atoms with van der Waals surface area (Å²) in [6, 6.07) is 21.2. The van der Waals surface area contributed by atoms with Gasteiger partial charge >= 0.3 is 12.0 Å². The molecule has 42 heavy (non-hydrogen) atoms. The second-order valence-electron chi connectivity index (χ2n) is 10.6. The fraction of sp³-hybridized carbons (Fsp3) is 0.161. The van der Waals surface area contributed by atoms with Crippen LogP contribution >= 0.6 is 0 Å². The Morgan fingerprint density at radius 1 is 0.952 bits per heavy atom. The first-order valence-electron chi connectivity index (χ1n) is 13.2. The maximum absolute atomic E-state index is 13.1. The monoisotopic (exact) mass is 562 g/mol. The first kappa shape index (κ1) is 28.0. The third-order valence-corrected chi connectivity index (χ3v) is 6.14. The first-order chi connectivity index (χ1) is 20.1. The van der Waals surface area contributed by atoms with Crippen molar-refractivity contribution >= 4 is 23.4 Å². The van der Waals surface area contributed by atoms with Crippen LogP contribution in [0.4, 0.5) is 16.3 Å². The molecule has 3 aromatic heterocycles. The molecule has 0 aliphatic rings. The van der Waals surface area contributed by atoms with Gasteiger partial charge in [0.1, 0.15) is 11.6 Å². The van der Waals surface area contributed by atoms with Crippen LogP contribution in [0.1, 0.15) is 32.0 Å². The molecular weight excluding hydrogens is 532 g/mol. The highest BCUT2D eigenvalue weighted by Gasteiger charge is 2.22. The van der Waals surface area contributed by atoms with Crippen molar-refractivity contribution in [3.63, 3.8) is 0 Å². The van der Waals surface area contributed by atoms with Gasteiger partial charge in [-0.1, -0.05) is 39.0 Å². The van der Waals surface area contributed by atoms with Gasteiger partial charge in [-0.2, -0.15) is 10.1 Å². The van der Waals surface area contributed by atoms with E-state index in [0.29, 0.717) is 28.6 Å². The van der Waals surface area contributed by atoms with Gasteiger partial charge in [-0.15, -0.1) is 0 Å². The highest BCUT2D eigenvalue weighted by Crippen LogP contribution is 2.28. The van der Waals surface area contributed by atoms with Crippen molar-refractivity contribution in [1.82, 2.24) is 24.7 Å². The van der Waals surface area contributed by atoms with Gasteiger partial charge in [-0.25, -0.2) is 14.5 Å². The summed E-state index contributed by atoms with van der Waals surface area (Å²) in [5.41, 5.74) is 9.33. The lowest BCUT2D eigenvalue weighted by molar-refractivity contribution is -0.117. The molecule has 2 aromatic carbocycles. The number of ether oxygens (including phenoxy) is 1. The Morgan fingerprint density at radius 2 is 1.79 bits per heavy atom. The molecule has 5 rings (SSSR count). The van der Waals surface area contributed by atoms with E-state index in [0.717, 1.165) is 16.8 Å². The molecule has 0 aliphatic heterocycles. The highest BCUT2D eigenvalue weighted by molar-refractivity contribution is 5.99. The summed E-state index contributed by atoms with van der Waals surface area (Å²) in [5.74, 6) is 0.476. The van der Waals surface area contributed by atoms with Crippen LogP contribution in [0, 0.1) is 0 Å². The molecule has 0 radical (unpaired) electrons. The smallest absolute Gasteiger partial charge is 0.324 e. The second-order valence-corrected chi connectivity index (χ2v) is 10.6. The number of carbonyl (C=O) groups excluding carboxylic acids is 2. The SMILES string of the molecule is CC(C)(C)c1cc(NC(=O)Nc2cccc(Oc3nccc(-c4cccnc4)n3)c2)n(-c2cccc(CC(N)=O)c2)n1. The molecule has 11 nitrogen and oxygen atoms in total. The van der Waals surface area contributed by atoms with Crippen LogP contribution in [0.25, 0.3) is 16.9 Å². The van der Waals surface area contributed by atoms with E-state index in [1.807, 2.05) is 63.2 Å². The summed E-state index contributed by atoms with van der Waals surface area (Å²) in [7, 11) is 0. The van der Waals surface area contributed by atoms with Crippen LogP contribution < -0.4 is 21.1 Å². The summed E-state index contributed by atoms with van der Waals surface area (Å²) in [5, 5.41) is 10.5. The third-order valence-electron chi connectivity index (χ3n) is 6.14. The molecular formula is C31H30N8O3. The normalized spacial score (nSPS) is 11.1. The third kappa shape index (κ3) is 6.94. The van der Waals surface area contributed by atoms with Crippen molar-refractivity contribution in [2.24, 2.45) is 5.73 Å². The van der Waals surface area contributed by atoms with Gasteiger partial charge < -0.3 is 15.8 Å². The van der Waals surface area contributed by atoms with Gasteiger partial charge in [0.05, 0.1) is 23.5 Å². The molecule has 0 fully saturated rings. The van der Waals surface area contributed by atoms with Crippen molar-refractivity contribution in [2.75, 3.05) is 10.6 Å². The number of carbonyl (C=O) groups is 2. The Kier molecular flexibility index (Phi) is 7.91. The largest absolute Gasteiger partial charge is 0.424 e. The standard InChI is InChI=1S/C31H30N8O3/c1-31(2,3)26-18-28(39(38-26)23-10-4-7-20(15-23)16-27(32)40)37-29(41)35-22-9-5-11-24(17-22)42-30-34-14-12-25(36-30)21-8-6-13-33-19-21/h4-15,17-19H,16H2,1-3H3,(H2,32,40)(H2,35,37,41). The number of anilines is 2. The number of urea groups is 1. The number of benzene rings is 2. The summed E-state index contributed by atoms with van der Waals surface area (Å²) >= 11 is 0. The minimum Gasteiger partial charge on any atom is -0.424 e. The number of aromatic nitrogens is 5. The number of primary amides is 1. The Hall–Kier alpha value is -5.58. The van der Waals surface area contributed by atoms with Crippen molar-refractivity contribution in [3.05, 3.63) is 103 Å². The zero-order valence-electron chi connectivity index (χ0n) is 23.4. The number of rotatable bonds is 8. The number of hydrogen-bond acceptors (Lipinski definition) is 7. The van der Waals surface area contributed by atoms with E-state index < -0.39 is 11.9 Å². The lowest BCUT2D eigenvalue weighted by atomic mass is 9.92. The van der Waals surface area contributed by atoms with Crippen LogP contribution in [-0.2, 0) is 16.6 Å². The molecule has 0 unspecified atom stereocenters. The predicted octanol–water partition coefficient (Wildman–Crippen LogP) is 5.49. The Bertz CT molecular complexity index is 1730. The van der Waals surface area contributed by atoms with E-state index in [1.54, 1.807) is 53.6 Å². The maximum Gasteiger partial charge on any atom is 0.324 e. The average molecular weight is 563 g/mol. The molecule has 11 heteroatoms. The summed E-state index contributed by atoms with van der Waals surface area (Å²) in [6.07, 6.45) is 5.11. The number of nitrogens with zero attached hydrogens (tertiary/aromatic N) is 5. The number of amides is 3. The minimum absolute atomic E-state index is 0.0989. The Balaban J connectivity index is 1.33. The number of pyridine rings is 1. The molecule has 0 bridgehead atoms. The average Bonchev–Trinajstić information content (AvgIpc) is 3.38.